The lowest BCUT2D eigenvalue weighted by atomic mass is 10.0. The molecule has 7 heteroatoms. The number of hydrogen-bond donors (Lipinski definition) is 1. The Morgan fingerprint density at radius 1 is 1.05 bits per heavy atom. The molecular formula is C14H13ClF3N3. The van der Waals surface area contributed by atoms with Crippen molar-refractivity contribution in [1.29, 1.82) is 0 Å². The Hall–Kier alpha value is -1.66. The summed E-state index contributed by atoms with van der Waals surface area (Å²) in [5, 5.41) is 2.93. The van der Waals surface area contributed by atoms with Crippen LogP contribution in [-0.4, -0.2) is 16.5 Å². The molecule has 21 heavy (non-hydrogen) atoms. The predicted octanol–water partition coefficient (Wildman–Crippen LogP) is 3.23. The molecule has 0 radical (unpaired) electrons. The Labute approximate surface area is 126 Å². The van der Waals surface area contributed by atoms with Crippen molar-refractivity contribution in [2.75, 3.05) is 6.54 Å². The van der Waals surface area contributed by atoms with Crippen LogP contribution in [0, 0.1) is 0 Å². The first-order valence-corrected chi connectivity index (χ1v) is 6.29. The van der Waals surface area contributed by atoms with Crippen LogP contribution in [0.25, 0.3) is 11.4 Å². The van der Waals surface area contributed by atoms with Crippen LogP contribution in [0.15, 0.2) is 30.3 Å². The quantitative estimate of drug-likeness (QED) is 0.878. The molecule has 0 aliphatic carbocycles. The lowest BCUT2D eigenvalue weighted by Crippen LogP contribution is -2.29. The highest BCUT2D eigenvalue weighted by Gasteiger charge is 2.38. The number of aromatic nitrogens is 2. The van der Waals surface area contributed by atoms with E-state index in [-0.39, 0.29) is 30.3 Å². The van der Waals surface area contributed by atoms with Crippen molar-refractivity contribution in [2.24, 2.45) is 0 Å². The predicted molar refractivity (Wildman–Crippen MR) is 75.1 cm³/mol. The van der Waals surface area contributed by atoms with E-state index in [1.54, 1.807) is 30.3 Å². The third-order valence-corrected chi connectivity index (χ3v) is 3.23. The topological polar surface area (TPSA) is 37.8 Å². The van der Waals surface area contributed by atoms with Gasteiger partial charge in [0.15, 0.2) is 11.5 Å². The Bertz CT molecular complexity index is 629. The second-order valence-electron chi connectivity index (χ2n) is 4.61. The monoisotopic (exact) mass is 315 g/mol. The zero-order valence-electron chi connectivity index (χ0n) is 10.9. The summed E-state index contributed by atoms with van der Waals surface area (Å²) < 4.78 is 39.5. The van der Waals surface area contributed by atoms with Crippen molar-refractivity contribution >= 4 is 12.4 Å². The molecule has 0 fully saturated rings. The highest BCUT2D eigenvalue weighted by molar-refractivity contribution is 5.85. The maximum absolute atomic E-state index is 13.2. The van der Waals surface area contributed by atoms with Crippen LogP contribution in [0.5, 0.6) is 0 Å². The summed E-state index contributed by atoms with van der Waals surface area (Å²) in [5.74, 6) is 0.138. The minimum Gasteiger partial charge on any atom is -0.312 e. The number of rotatable bonds is 1. The van der Waals surface area contributed by atoms with Crippen LogP contribution in [0.4, 0.5) is 13.2 Å². The van der Waals surface area contributed by atoms with Crippen LogP contribution in [0.1, 0.15) is 17.0 Å². The molecule has 1 N–H and O–H groups in total. The van der Waals surface area contributed by atoms with E-state index in [2.05, 4.69) is 15.3 Å². The molecule has 3 rings (SSSR count). The number of nitrogens with one attached hydrogen (secondary N) is 1. The molecule has 2 heterocycles. The molecule has 0 unspecified atom stereocenters. The number of hydrogen-bond acceptors (Lipinski definition) is 3. The smallest absolute Gasteiger partial charge is 0.312 e. The van der Waals surface area contributed by atoms with Gasteiger partial charge in [0.05, 0.1) is 5.69 Å². The fourth-order valence-corrected chi connectivity index (χ4v) is 2.29. The second kappa shape index (κ2) is 5.99. The Kier molecular flexibility index (Phi) is 4.49. The number of benzene rings is 1. The molecule has 112 valence electrons. The fraction of sp³-hybridized carbons (Fsp3) is 0.286. The van der Waals surface area contributed by atoms with Gasteiger partial charge in [-0.3, -0.25) is 0 Å². The first-order valence-electron chi connectivity index (χ1n) is 6.29. The van der Waals surface area contributed by atoms with Gasteiger partial charge < -0.3 is 5.32 Å². The maximum atomic E-state index is 13.2. The van der Waals surface area contributed by atoms with Gasteiger partial charge in [-0.25, -0.2) is 9.97 Å². The van der Waals surface area contributed by atoms with E-state index in [9.17, 15) is 13.2 Å². The van der Waals surface area contributed by atoms with Gasteiger partial charge in [0.2, 0.25) is 0 Å². The average molecular weight is 316 g/mol. The van der Waals surface area contributed by atoms with Crippen LogP contribution in [0.2, 0.25) is 0 Å². The molecule has 1 aliphatic heterocycles. The van der Waals surface area contributed by atoms with E-state index in [1.165, 1.54) is 0 Å². The molecule has 0 atom stereocenters. The van der Waals surface area contributed by atoms with Crippen LogP contribution < -0.4 is 5.32 Å². The van der Waals surface area contributed by atoms with Crippen molar-refractivity contribution in [3.8, 4) is 11.4 Å². The van der Waals surface area contributed by atoms with Gasteiger partial charge >= 0.3 is 6.18 Å². The SMILES string of the molecule is Cl.FC(F)(F)c1nc(-c2ccccc2)nc2c1CNCC2. The van der Waals surface area contributed by atoms with E-state index >= 15 is 0 Å². The minimum absolute atomic E-state index is 0. The first-order chi connectivity index (χ1) is 9.55. The van der Waals surface area contributed by atoms with Crippen LogP contribution in [-0.2, 0) is 19.1 Å². The van der Waals surface area contributed by atoms with Gasteiger partial charge in [0.1, 0.15) is 0 Å². The number of alkyl halides is 3. The van der Waals surface area contributed by atoms with E-state index in [4.69, 9.17) is 0 Å². The summed E-state index contributed by atoms with van der Waals surface area (Å²) in [7, 11) is 0. The molecule has 0 saturated carbocycles. The van der Waals surface area contributed by atoms with Gasteiger partial charge in [-0.05, 0) is 0 Å². The minimum atomic E-state index is -4.46. The molecule has 0 saturated heterocycles. The van der Waals surface area contributed by atoms with Crippen molar-refractivity contribution in [3.63, 3.8) is 0 Å². The van der Waals surface area contributed by atoms with Crippen molar-refractivity contribution in [2.45, 2.75) is 19.1 Å². The summed E-state index contributed by atoms with van der Waals surface area (Å²) in [5.41, 5.74) is 0.432. The Balaban J connectivity index is 0.00000161. The molecule has 1 aliphatic rings. The van der Waals surface area contributed by atoms with Gasteiger partial charge in [0, 0.05) is 30.6 Å². The summed E-state index contributed by atoms with van der Waals surface area (Å²) in [6, 6.07) is 8.74. The highest BCUT2D eigenvalue weighted by Crippen LogP contribution is 2.33. The zero-order chi connectivity index (χ0) is 14.2. The van der Waals surface area contributed by atoms with Crippen molar-refractivity contribution in [1.82, 2.24) is 15.3 Å². The lowest BCUT2D eigenvalue weighted by Gasteiger charge is -2.21. The summed E-state index contributed by atoms with van der Waals surface area (Å²) in [6.07, 6.45) is -3.98. The van der Waals surface area contributed by atoms with E-state index in [0.29, 0.717) is 24.2 Å². The molecule has 0 spiro atoms. The third kappa shape index (κ3) is 3.16. The average Bonchev–Trinajstić information content (AvgIpc) is 2.46. The molecule has 1 aromatic heterocycles. The first kappa shape index (κ1) is 15.7. The summed E-state index contributed by atoms with van der Waals surface area (Å²) >= 11 is 0. The van der Waals surface area contributed by atoms with E-state index in [0.717, 1.165) is 0 Å². The third-order valence-electron chi connectivity index (χ3n) is 3.23. The summed E-state index contributed by atoms with van der Waals surface area (Å²) in [6.45, 7) is 0.800. The number of fused-ring (bicyclic) bond motifs is 1. The van der Waals surface area contributed by atoms with E-state index < -0.39 is 11.9 Å². The molecule has 3 nitrogen and oxygen atoms in total. The molecule has 0 bridgehead atoms. The van der Waals surface area contributed by atoms with E-state index in [1.807, 2.05) is 0 Å². The van der Waals surface area contributed by atoms with Gasteiger partial charge in [-0.1, -0.05) is 30.3 Å². The van der Waals surface area contributed by atoms with Crippen molar-refractivity contribution < 1.29 is 13.2 Å². The fourth-order valence-electron chi connectivity index (χ4n) is 2.29. The summed E-state index contributed by atoms with van der Waals surface area (Å²) in [4.78, 5) is 8.06. The highest BCUT2D eigenvalue weighted by atomic mass is 35.5. The maximum Gasteiger partial charge on any atom is 0.433 e. The van der Waals surface area contributed by atoms with Gasteiger partial charge in [0.25, 0.3) is 0 Å². The number of halogens is 4. The molecule has 2 aromatic rings. The van der Waals surface area contributed by atoms with Crippen LogP contribution >= 0.6 is 12.4 Å². The molecule has 1 aromatic carbocycles. The zero-order valence-corrected chi connectivity index (χ0v) is 11.8. The lowest BCUT2D eigenvalue weighted by molar-refractivity contribution is -0.142. The second-order valence-corrected chi connectivity index (χ2v) is 4.61. The Morgan fingerprint density at radius 3 is 2.43 bits per heavy atom. The largest absolute Gasteiger partial charge is 0.433 e. The molecular weight excluding hydrogens is 303 g/mol. The standard InChI is InChI=1S/C14H12F3N3.ClH/c15-14(16,17)12-10-8-18-7-6-11(10)19-13(20-12)9-4-2-1-3-5-9;/h1-5,18H,6-8H2;1H. The number of nitrogens with zero attached hydrogens (tertiary/aromatic N) is 2. The molecule has 0 amide bonds. The Morgan fingerprint density at radius 2 is 1.76 bits per heavy atom. The van der Waals surface area contributed by atoms with Gasteiger partial charge in [-0.2, -0.15) is 13.2 Å². The van der Waals surface area contributed by atoms with Gasteiger partial charge in [-0.15, -0.1) is 12.4 Å². The van der Waals surface area contributed by atoms with Crippen LogP contribution in [0.3, 0.4) is 0 Å². The van der Waals surface area contributed by atoms with Crippen molar-refractivity contribution in [3.05, 3.63) is 47.3 Å². The normalized spacial score (nSPS) is 14.2.